The summed E-state index contributed by atoms with van der Waals surface area (Å²) in [6.07, 6.45) is 1.72. The topological polar surface area (TPSA) is 79.9 Å². The van der Waals surface area contributed by atoms with Crippen LogP contribution in [0.1, 0.15) is 21.1 Å². The SMILES string of the molecule is Cc1nc(COc2ccc(C(=O)Nc3cccc4cn[nH]c34)cc2)cs1. The van der Waals surface area contributed by atoms with Crippen LogP contribution < -0.4 is 10.1 Å². The van der Waals surface area contributed by atoms with E-state index in [9.17, 15) is 4.79 Å². The second-order valence-electron chi connectivity index (χ2n) is 5.76. The van der Waals surface area contributed by atoms with Crippen molar-refractivity contribution in [1.82, 2.24) is 15.2 Å². The van der Waals surface area contributed by atoms with Crippen molar-refractivity contribution in [3.8, 4) is 5.75 Å². The number of anilines is 1. The van der Waals surface area contributed by atoms with E-state index >= 15 is 0 Å². The molecule has 0 fully saturated rings. The third kappa shape index (κ3) is 3.43. The average molecular weight is 364 g/mol. The van der Waals surface area contributed by atoms with E-state index in [1.54, 1.807) is 41.8 Å². The van der Waals surface area contributed by atoms with Gasteiger partial charge in [-0.1, -0.05) is 12.1 Å². The van der Waals surface area contributed by atoms with Crippen molar-refractivity contribution in [3.05, 3.63) is 70.3 Å². The number of aromatic amines is 1. The van der Waals surface area contributed by atoms with Gasteiger partial charge in [-0.15, -0.1) is 11.3 Å². The minimum Gasteiger partial charge on any atom is -0.487 e. The second kappa shape index (κ2) is 6.97. The fourth-order valence-corrected chi connectivity index (χ4v) is 3.20. The van der Waals surface area contributed by atoms with Crippen LogP contribution in [0, 0.1) is 6.92 Å². The van der Waals surface area contributed by atoms with Gasteiger partial charge in [0, 0.05) is 16.3 Å². The highest BCUT2D eigenvalue weighted by Crippen LogP contribution is 2.22. The highest BCUT2D eigenvalue weighted by atomic mass is 32.1. The Morgan fingerprint density at radius 3 is 2.85 bits per heavy atom. The minimum atomic E-state index is -0.186. The van der Waals surface area contributed by atoms with Gasteiger partial charge in [-0.25, -0.2) is 4.98 Å². The molecule has 0 spiro atoms. The number of nitrogens with one attached hydrogen (secondary N) is 2. The standard InChI is InChI=1S/C19H16N4O2S/c1-12-21-15(11-26-12)10-25-16-7-5-13(6-8-16)19(24)22-17-4-2-3-14-9-20-23-18(14)17/h2-9,11H,10H2,1H3,(H,20,23)(H,22,24). The summed E-state index contributed by atoms with van der Waals surface area (Å²) in [5.74, 6) is 0.511. The van der Waals surface area contributed by atoms with E-state index in [1.165, 1.54) is 0 Å². The van der Waals surface area contributed by atoms with Crippen molar-refractivity contribution in [1.29, 1.82) is 0 Å². The number of aromatic nitrogens is 3. The van der Waals surface area contributed by atoms with Gasteiger partial charge in [0.05, 0.1) is 28.1 Å². The number of benzene rings is 2. The van der Waals surface area contributed by atoms with Crippen molar-refractivity contribution in [2.45, 2.75) is 13.5 Å². The van der Waals surface area contributed by atoms with Gasteiger partial charge in [0.2, 0.25) is 0 Å². The largest absolute Gasteiger partial charge is 0.487 e. The molecule has 2 aromatic heterocycles. The summed E-state index contributed by atoms with van der Waals surface area (Å²) in [7, 11) is 0. The monoisotopic (exact) mass is 364 g/mol. The zero-order valence-corrected chi connectivity index (χ0v) is 14.8. The molecule has 2 aromatic carbocycles. The van der Waals surface area contributed by atoms with E-state index in [0.717, 1.165) is 21.6 Å². The number of para-hydroxylation sites is 1. The molecular weight excluding hydrogens is 348 g/mol. The number of ether oxygens (including phenoxy) is 1. The van der Waals surface area contributed by atoms with Crippen LogP contribution in [-0.2, 0) is 6.61 Å². The van der Waals surface area contributed by atoms with Gasteiger partial charge in [-0.3, -0.25) is 9.89 Å². The molecule has 0 unspecified atom stereocenters. The van der Waals surface area contributed by atoms with Gasteiger partial charge in [0.25, 0.3) is 5.91 Å². The third-order valence-electron chi connectivity index (χ3n) is 3.89. The van der Waals surface area contributed by atoms with E-state index in [0.29, 0.717) is 23.6 Å². The number of carbonyl (C=O) groups is 1. The predicted molar refractivity (Wildman–Crippen MR) is 102 cm³/mol. The fourth-order valence-electron chi connectivity index (χ4n) is 2.60. The van der Waals surface area contributed by atoms with Gasteiger partial charge in [-0.2, -0.15) is 5.10 Å². The number of hydrogen-bond acceptors (Lipinski definition) is 5. The first kappa shape index (κ1) is 16.3. The molecule has 0 aliphatic rings. The summed E-state index contributed by atoms with van der Waals surface area (Å²) in [4.78, 5) is 16.8. The number of hydrogen-bond donors (Lipinski definition) is 2. The summed E-state index contributed by atoms with van der Waals surface area (Å²) >= 11 is 1.60. The fraction of sp³-hybridized carbons (Fsp3) is 0.105. The number of thiazole rings is 1. The van der Waals surface area contributed by atoms with Gasteiger partial charge in [-0.05, 0) is 37.3 Å². The molecule has 1 amide bonds. The maximum Gasteiger partial charge on any atom is 0.255 e. The lowest BCUT2D eigenvalue weighted by molar-refractivity contribution is 0.102. The Bertz CT molecular complexity index is 1050. The van der Waals surface area contributed by atoms with Crippen molar-refractivity contribution in [2.75, 3.05) is 5.32 Å². The van der Waals surface area contributed by atoms with Crippen LogP contribution in [0.25, 0.3) is 10.9 Å². The molecule has 7 heteroatoms. The molecule has 0 bridgehead atoms. The molecular formula is C19H16N4O2S. The smallest absolute Gasteiger partial charge is 0.255 e. The molecule has 0 radical (unpaired) electrons. The lowest BCUT2D eigenvalue weighted by Crippen LogP contribution is -2.12. The van der Waals surface area contributed by atoms with E-state index < -0.39 is 0 Å². The quantitative estimate of drug-likeness (QED) is 0.557. The summed E-state index contributed by atoms with van der Waals surface area (Å²) in [5.41, 5.74) is 2.96. The molecule has 6 nitrogen and oxygen atoms in total. The lowest BCUT2D eigenvalue weighted by Gasteiger charge is -2.08. The van der Waals surface area contributed by atoms with Crippen molar-refractivity contribution in [3.63, 3.8) is 0 Å². The van der Waals surface area contributed by atoms with Crippen molar-refractivity contribution < 1.29 is 9.53 Å². The molecule has 2 heterocycles. The van der Waals surface area contributed by atoms with Crippen molar-refractivity contribution >= 4 is 33.8 Å². The third-order valence-corrected chi connectivity index (χ3v) is 4.72. The van der Waals surface area contributed by atoms with Crippen LogP contribution in [0.5, 0.6) is 5.75 Å². The summed E-state index contributed by atoms with van der Waals surface area (Å²) in [5, 5.41) is 13.8. The number of H-pyrrole nitrogens is 1. The Labute approximate surface area is 153 Å². The summed E-state index contributed by atoms with van der Waals surface area (Å²) in [6.45, 7) is 2.38. The highest BCUT2D eigenvalue weighted by molar-refractivity contribution is 7.09. The maximum absolute atomic E-state index is 12.5. The zero-order chi connectivity index (χ0) is 17.9. The van der Waals surface area contributed by atoms with Crippen LogP contribution in [0.15, 0.2) is 54.0 Å². The number of amides is 1. The molecule has 26 heavy (non-hydrogen) atoms. The molecule has 4 aromatic rings. The van der Waals surface area contributed by atoms with Crippen LogP contribution in [0.3, 0.4) is 0 Å². The first-order valence-corrected chi connectivity index (χ1v) is 8.94. The molecule has 0 aliphatic heterocycles. The van der Waals surface area contributed by atoms with Gasteiger partial charge < -0.3 is 10.1 Å². The number of fused-ring (bicyclic) bond motifs is 1. The summed E-state index contributed by atoms with van der Waals surface area (Å²) in [6, 6.07) is 12.7. The van der Waals surface area contributed by atoms with E-state index in [1.807, 2.05) is 30.5 Å². The first-order valence-electron chi connectivity index (χ1n) is 8.06. The average Bonchev–Trinajstić information content (AvgIpc) is 3.29. The molecule has 130 valence electrons. The van der Waals surface area contributed by atoms with Gasteiger partial charge in [0.1, 0.15) is 12.4 Å². The van der Waals surface area contributed by atoms with Crippen molar-refractivity contribution in [2.24, 2.45) is 0 Å². The lowest BCUT2D eigenvalue weighted by atomic mass is 10.2. The summed E-state index contributed by atoms with van der Waals surface area (Å²) < 4.78 is 5.70. The number of nitrogens with zero attached hydrogens (tertiary/aromatic N) is 2. The zero-order valence-electron chi connectivity index (χ0n) is 14.0. The highest BCUT2D eigenvalue weighted by Gasteiger charge is 2.10. The molecule has 4 rings (SSSR count). The molecule has 0 aliphatic carbocycles. The Balaban J connectivity index is 1.43. The predicted octanol–water partition coefficient (Wildman–Crippen LogP) is 4.16. The van der Waals surface area contributed by atoms with Gasteiger partial charge >= 0.3 is 0 Å². The number of aryl methyl sites for hydroxylation is 1. The Kier molecular flexibility index (Phi) is 4.37. The Morgan fingerprint density at radius 2 is 2.08 bits per heavy atom. The normalized spacial score (nSPS) is 10.8. The first-order chi connectivity index (χ1) is 12.7. The second-order valence-corrected chi connectivity index (χ2v) is 6.83. The van der Waals surface area contributed by atoms with E-state index in [4.69, 9.17) is 4.74 Å². The molecule has 0 saturated heterocycles. The number of carbonyl (C=O) groups excluding carboxylic acids is 1. The Hall–Kier alpha value is -3.19. The van der Waals surface area contributed by atoms with Crippen LogP contribution >= 0.6 is 11.3 Å². The van der Waals surface area contributed by atoms with E-state index in [2.05, 4.69) is 20.5 Å². The molecule has 0 saturated carbocycles. The molecule has 2 N–H and O–H groups in total. The van der Waals surface area contributed by atoms with Crippen LogP contribution in [-0.4, -0.2) is 21.1 Å². The van der Waals surface area contributed by atoms with Gasteiger partial charge in [0.15, 0.2) is 0 Å². The molecule has 0 atom stereocenters. The van der Waals surface area contributed by atoms with Crippen LogP contribution in [0.4, 0.5) is 5.69 Å². The number of rotatable bonds is 5. The van der Waals surface area contributed by atoms with Crippen LogP contribution in [0.2, 0.25) is 0 Å². The maximum atomic E-state index is 12.5. The Morgan fingerprint density at radius 1 is 1.23 bits per heavy atom. The van der Waals surface area contributed by atoms with E-state index in [-0.39, 0.29) is 5.91 Å². The minimum absolute atomic E-state index is 0.186.